The molecule has 27 heavy (non-hydrogen) atoms. The summed E-state index contributed by atoms with van der Waals surface area (Å²) in [6.45, 7) is 0. The third-order valence-electron chi connectivity index (χ3n) is 4.50. The van der Waals surface area contributed by atoms with Crippen molar-refractivity contribution in [1.29, 1.82) is 0 Å². The summed E-state index contributed by atoms with van der Waals surface area (Å²) >= 11 is 0. The number of hydrogen-bond donors (Lipinski definition) is 1. The zero-order valence-electron chi connectivity index (χ0n) is 14.0. The molecule has 0 saturated carbocycles. The third-order valence-corrected chi connectivity index (χ3v) is 4.50. The Morgan fingerprint density at radius 2 is 2.04 bits per heavy atom. The number of cyclic esters (lactones) is 1. The van der Waals surface area contributed by atoms with Crippen LogP contribution in [0.1, 0.15) is 17.5 Å². The van der Waals surface area contributed by atoms with Gasteiger partial charge in [-0.25, -0.2) is 4.39 Å². The number of aliphatic carboxylic acids is 1. The first-order valence-corrected chi connectivity index (χ1v) is 7.83. The quantitative estimate of drug-likeness (QED) is 0.485. The molecule has 0 amide bonds. The van der Waals surface area contributed by atoms with Crippen molar-refractivity contribution >= 4 is 17.6 Å². The summed E-state index contributed by atoms with van der Waals surface area (Å²) in [5.41, 5.74) is -2.96. The number of para-hydroxylation sites is 1. The van der Waals surface area contributed by atoms with Crippen molar-refractivity contribution in [2.24, 2.45) is 5.92 Å². The second-order valence-corrected chi connectivity index (χ2v) is 5.92. The first kappa shape index (κ1) is 18.3. The average Bonchev–Trinajstić information content (AvgIpc) is 3.00. The Kier molecular flexibility index (Phi) is 4.52. The number of carboxylic acid groups (broad SMARTS) is 1. The maximum Gasteiger partial charge on any atom is 0.311 e. The lowest BCUT2D eigenvalue weighted by molar-refractivity contribution is -0.386. The molecule has 0 radical (unpaired) electrons. The number of halogens is 1. The number of carbonyl (C=O) groups is 2. The van der Waals surface area contributed by atoms with Crippen LogP contribution in [0.25, 0.3) is 0 Å². The topological polar surface area (TPSA) is 116 Å². The maximum atomic E-state index is 14.0. The van der Waals surface area contributed by atoms with E-state index >= 15 is 0 Å². The van der Waals surface area contributed by atoms with E-state index in [0.717, 1.165) is 18.2 Å². The molecule has 1 heterocycles. The molecule has 9 heteroatoms. The van der Waals surface area contributed by atoms with Gasteiger partial charge >= 0.3 is 11.9 Å². The Bertz CT molecular complexity index is 945. The molecule has 2 atom stereocenters. The molecule has 1 fully saturated rings. The first-order chi connectivity index (χ1) is 12.8. The van der Waals surface area contributed by atoms with Gasteiger partial charge in [-0.05, 0) is 18.2 Å². The monoisotopic (exact) mass is 375 g/mol. The fourth-order valence-corrected chi connectivity index (χ4v) is 3.41. The van der Waals surface area contributed by atoms with Crippen LogP contribution in [0, 0.1) is 21.8 Å². The van der Waals surface area contributed by atoms with E-state index in [1.807, 2.05) is 0 Å². The second-order valence-electron chi connectivity index (χ2n) is 5.92. The Balaban J connectivity index is 2.44. The maximum absolute atomic E-state index is 14.0. The molecule has 2 aromatic rings. The Labute approximate surface area is 152 Å². The van der Waals surface area contributed by atoms with Crippen molar-refractivity contribution in [3.05, 3.63) is 69.5 Å². The minimum Gasteiger partial charge on any atom is -0.496 e. The largest absolute Gasteiger partial charge is 0.496 e. The Morgan fingerprint density at radius 3 is 2.67 bits per heavy atom. The smallest absolute Gasteiger partial charge is 0.311 e. The molecule has 0 bridgehead atoms. The number of benzene rings is 2. The van der Waals surface area contributed by atoms with E-state index in [2.05, 4.69) is 0 Å². The van der Waals surface area contributed by atoms with Crippen LogP contribution >= 0.6 is 0 Å². The standard InChI is InChI=1S/C18H14FNO7/c1-26-15-5-3-2-4-11(15)18(13(17(22)23)9-16(21)27-18)12-8-10(19)6-7-14(12)20(24)25/h2-8,13H,9H2,1H3,(H,22,23)/t13-,18-/m0/s1. The lowest BCUT2D eigenvalue weighted by Crippen LogP contribution is -2.39. The highest BCUT2D eigenvalue weighted by atomic mass is 19.1. The number of rotatable bonds is 5. The van der Waals surface area contributed by atoms with E-state index in [4.69, 9.17) is 9.47 Å². The second kappa shape index (κ2) is 6.67. The fourth-order valence-electron chi connectivity index (χ4n) is 3.41. The highest BCUT2D eigenvalue weighted by Crippen LogP contribution is 2.52. The van der Waals surface area contributed by atoms with Gasteiger partial charge in [0.1, 0.15) is 17.5 Å². The molecule has 8 nitrogen and oxygen atoms in total. The summed E-state index contributed by atoms with van der Waals surface area (Å²) < 4.78 is 24.7. The van der Waals surface area contributed by atoms with Gasteiger partial charge in [0.15, 0.2) is 5.60 Å². The number of carbonyl (C=O) groups excluding carboxylic acids is 1. The SMILES string of the molecule is COc1ccccc1[C@@]1(c2cc(F)ccc2[N+](=O)[O-])OC(=O)C[C@H]1C(=O)O. The van der Waals surface area contributed by atoms with Crippen LogP contribution in [-0.2, 0) is 19.9 Å². The molecule has 1 aliphatic rings. The fraction of sp³-hybridized carbons (Fsp3) is 0.222. The molecule has 0 aromatic heterocycles. The first-order valence-electron chi connectivity index (χ1n) is 7.83. The molecule has 0 aliphatic carbocycles. The van der Waals surface area contributed by atoms with Crippen molar-refractivity contribution in [2.45, 2.75) is 12.0 Å². The van der Waals surface area contributed by atoms with Crippen LogP contribution < -0.4 is 4.74 Å². The number of nitro benzene ring substituents is 1. The summed E-state index contributed by atoms with van der Waals surface area (Å²) in [6, 6.07) is 8.67. The number of ether oxygens (including phenoxy) is 2. The molecule has 1 aliphatic heterocycles. The minimum atomic E-state index is -2.11. The van der Waals surface area contributed by atoms with Gasteiger partial charge in [-0.2, -0.15) is 0 Å². The summed E-state index contributed by atoms with van der Waals surface area (Å²) in [5.74, 6) is -4.48. The zero-order chi connectivity index (χ0) is 19.8. The van der Waals surface area contributed by atoms with Crippen molar-refractivity contribution in [3.63, 3.8) is 0 Å². The Morgan fingerprint density at radius 1 is 1.33 bits per heavy atom. The van der Waals surface area contributed by atoms with E-state index in [-0.39, 0.29) is 16.9 Å². The van der Waals surface area contributed by atoms with Gasteiger partial charge in [0.05, 0.1) is 24.0 Å². The lowest BCUT2D eigenvalue weighted by atomic mass is 9.75. The highest BCUT2D eigenvalue weighted by molar-refractivity contribution is 5.86. The third kappa shape index (κ3) is 2.86. The predicted molar refractivity (Wildman–Crippen MR) is 88.7 cm³/mol. The molecule has 3 rings (SSSR count). The van der Waals surface area contributed by atoms with E-state index in [0.29, 0.717) is 0 Å². The molecular formula is C18H14FNO7. The molecule has 140 valence electrons. The van der Waals surface area contributed by atoms with Crippen molar-refractivity contribution in [1.82, 2.24) is 0 Å². The van der Waals surface area contributed by atoms with Gasteiger partial charge in [-0.1, -0.05) is 18.2 Å². The predicted octanol–water partition coefficient (Wildman–Crippen LogP) is 2.63. The van der Waals surface area contributed by atoms with Crippen LogP contribution in [0.5, 0.6) is 5.75 Å². The van der Waals surface area contributed by atoms with Crippen molar-refractivity contribution < 1.29 is 33.5 Å². The van der Waals surface area contributed by atoms with Gasteiger partial charge in [-0.3, -0.25) is 19.7 Å². The minimum absolute atomic E-state index is 0.0828. The average molecular weight is 375 g/mol. The summed E-state index contributed by atoms with van der Waals surface area (Å²) in [6.07, 6.45) is -0.527. The van der Waals surface area contributed by atoms with Gasteiger partial charge in [-0.15, -0.1) is 0 Å². The van der Waals surface area contributed by atoms with Crippen LogP contribution in [0.2, 0.25) is 0 Å². The number of methoxy groups -OCH3 is 1. The van der Waals surface area contributed by atoms with Crippen molar-refractivity contribution in [3.8, 4) is 5.75 Å². The van der Waals surface area contributed by atoms with Crippen LogP contribution in [-0.4, -0.2) is 29.1 Å². The van der Waals surface area contributed by atoms with Crippen molar-refractivity contribution in [2.75, 3.05) is 7.11 Å². The highest BCUT2D eigenvalue weighted by Gasteiger charge is 2.59. The molecule has 0 spiro atoms. The van der Waals surface area contributed by atoms with Gasteiger partial charge in [0, 0.05) is 11.6 Å². The Hall–Kier alpha value is -3.49. The molecular weight excluding hydrogens is 361 g/mol. The molecule has 1 N–H and O–H groups in total. The van der Waals surface area contributed by atoms with Gasteiger partial charge in [0.25, 0.3) is 5.69 Å². The van der Waals surface area contributed by atoms with E-state index in [1.54, 1.807) is 6.07 Å². The van der Waals surface area contributed by atoms with E-state index in [1.165, 1.54) is 25.3 Å². The summed E-state index contributed by atoms with van der Waals surface area (Å²) in [7, 11) is 1.32. The number of nitro groups is 1. The van der Waals surface area contributed by atoms with E-state index in [9.17, 15) is 29.2 Å². The molecule has 2 aromatic carbocycles. The molecule has 1 saturated heterocycles. The summed E-state index contributed by atoms with van der Waals surface area (Å²) in [4.78, 5) is 34.8. The number of nitrogens with zero attached hydrogens (tertiary/aromatic N) is 1. The van der Waals surface area contributed by atoms with Crippen LogP contribution in [0.4, 0.5) is 10.1 Å². The van der Waals surface area contributed by atoms with Gasteiger partial charge < -0.3 is 14.6 Å². The van der Waals surface area contributed by atoms with Crippen LogP contribution in [0.15, 0.2) is 42.5 Å². The summed E-state index contributed by atoms with van der Waals surface area (Å²) in [5, 5.41) is 21.3. The molecule has 0 unspecified atom stereocenters. The van der Waals surface area contributed by atoms with Crippen LogP contribution in [0.3, 0.4) is 0 Å². The zero-order valence-corrected chi connectivity index (χ0v) is 14.0. The number of esters is 1. The van der Waals surface area contributed by atoms with E-state index < -0.39 is 46.3 Å². The number of hydrogen-bond acceptors (Lipinski definition) is 6. The normalized spacial score (nSPS) is 21.6. The van der Waals surface area contributed by atoms with Gasteiger partial charge in [0.2, 0.25) is 0 Å². The number of carboxylic acids is 1. The lowest BCUT2D eigenvalue weighted by Gasteiger charge is -2.33.